The van der Waals surface area contributed by atoms with E-state index in [1.807, 2.05) is 15.6 Å². The second kappa shape index (κ2) is 8.82. The van der Waals surface area contributed by atoms with Crippen LogP contribution in [0.3, 0.4) is 0 Å². The molecule has 3 heterocycles. The minimum Gasteiger partial charge on any atom is -0.369 e. The van der Waals surface area contributed by atoms with Crippen molar-refractivity contribution in [2.75, 3.05) is 31.1 Å². The van der Waals surface area contributed by atoms with E-state index in [4.69, 9.17) is 0 Å². The van der Waals surface area contributed by atoms with Gasteiger partial charge in [-0.05, 0) is 52.9 Å². The first-order valence-corrected chi connectivity index (χ1v) is 11.9. The fourth-order valence-electron chi connectivity index (χ4n) is 4.82. The lowest BCUT2D eigenvalue weighted by Crippen LogP contribution is -2.48. The number of halogens is 3. The lowest BCUT2D eigenvalue weighted by Gasteiger charge is -2.39. The number of aromatic nitrogens is 4. The number of thiophene rings is 1. The van der Waals surface area contributed by atoms with Gasteiger partial charge < -0.3 is 4.90 Å². The molecule has 0 N–H and O–H groups in total. The van der Waals surface area contributed by atoms with Gasteiger partial charge in [0.1, 0.15) is 6.04 Å². The van der Waals surface area contributed by atoms with Gasteiger partial charge in [0.25, 0.3) is 0 Å². The summed E-state index contributed by atoms with van der Waals surface area (Å²) in [6.07, 6.45) is 0.253. The number of hydrogen-bond acceptors (Lipinski definition) is 6. The van der Waals surface area contributed by atoms with Crippen LogP contribution in [-0.4, -0.2) is 51.3 Å². The first-order valence-electron chi connectivity index (χ1n) is 11.0. The third-order valence-electron chi connectivity index (χ3n) is 6.46. The maximum atomic E-state index is 13.1. The Morgan fingerprint density at radius 2 is 1.78 bits per heavy atom. The molecule has 0 spiro atoms. The smallest absolute Gasteiger partial charge is 0.369 e. The molecule has 1 aliphatic carbocycles. The van der Waals surface area contributed by atoms with Gasteiger partial charge in [0.15, 0.2) is 5.82 Å². The van der Waals surface area contributed by atoms with Gasteiger partial charge in [-0.1, -0.05) is 25.0 Å². The number of nitrogens with zero attached hydrogens (tertiary/aromatic N) is 6. The highest BCUT2D eigenvalue weighted by atomic mass is 32.1. The van der Waals surface area contributed by atoms with Crippen molar-refractivity contribution in [3.05, 3.63) is 58.0 Å². The zero-order valence-corrected chi connectivity index (χ0v) is 18.4. The molecule has 170 valence electrons. The summed E-state index contributed by atoms with van der Waals surface area (Å²) in [5.41, 5.74) is 0.00701. The molecule has 10 heteroatoms. The number of alkyl halides is 3. The third kappa shape index (κ3) is 4.25. The number of anilines is 1. The van der Waals surface area contributed by atoms with Crippen LogP contribution in [0, 0.1) is 0 Å². The van der Waals surface area contributed by atoms with Crippen LogP contribution < -0.4 is 4.90 Å². The molecular weight excluding hydrogens is 437 g/mol. The zero-order chi connectivity index (χ0) is 22.1. The van der Waals surface area contributed by atoms with Crippen molar-refractivity contribution in [1.29, 1.82) is 0 Å². The Morgan fingerprint density at radius 3 is 2.47 bits per heavy atom. The Labute approximate surface area is 188 Å². The van der Waals surface area contributed by atoms with Crippen LogP contribution in [-0.2, 0) is 6.18 Å². The molecule has 32 heavy (non-hydrogen) atoms. The van der Waals surface area contributed by atoms with E-state index in [1.54, 1.807) is 17.4 Å². The summed E-state index contributed by atoms with van der Waals surface area (Å²) in [4.78, 5) is 5.57. The molecule has 2 aromatic heterocycles. The Bertz CT molecular complexity index is 1020. The third-order valence-corrected chi connectivity index (χ3v) is 7.39. The summed E-state index contributed by atoms with van der Waals surface area (Å²) in [6.45, 7) is 2.73. The molecule has 0 bridgehead atoms. The van der Waals surface area contributed by atoms with E-state index < -0.39 is 11.7 Å². The Balaban J connectivity index is 1.37. The molecular formula is C22H25F3N6S. The predicted octanol–water partition coefficient (Wildman–Crippen LogP) is 4.78. The van der Waals surface area contributed by atoms with Gasteiger partial charge in [0.2, 0.25) is 0 Å². The van der Waals surface area contributed by atoms with Gasteiger partial charge in [0.05, 0.1) is 11.6 Å². The number of benzene rings is 1. The van der Waals surface area contributed by atoms with Gasteiger partial charge in [-0.3, -0.25) is 4.90 Å². The van der Waals surface area contributed by atoms with Crippen LogP contribution in [0.5, 0.6) is 0 Å². The number of piperazine rings is 1. The molecule has 2 fully saturated rings. The molecule has 3 aromatic rings. The second-order valence-corrected chi connectivity index (χ2v) is 9.39. The second-order valence-electron chi connectivity index (χ2n) is 8.41. The van der Waals surface area contributed by atoms with E-state index >= 15 is 0 Å². The van der Waals surface area contributed by atoms with Gasteiger partial charge in [0, 0.05) is 36.7 Å². The van der Waals surface area contributed by atoms with Crippen LogP contribution in [0.25, 0.3) is 0 Å². The van der Waals surface area contributed by atoms with E-state index in [0.717, 1.165) is 37.8 Å². The average molecular weight is 463 g/mol. The van der Waals surface area contributed by atoms with Crippen molar-refractivity contribution < 1.29 is 13.2 Å². The van der Waals surface area contributed by atoms with Crippen LogP contribution in [0.15, 0.2) is 41.8 Å². The largest absolute Gasteiger partial charge is 0.416 e. The maximum Gasteiger partial charge on any atom is 0.416 e. The quantitative estimate of drug-likeness (QED) is 0.546. The van der Waals surface area contributed by atoms with Crippen LogP contribution in [0.1, 0.15) is 54.0 Å². The van der Waals surface area contributed by atoms with Crippen molar-refractivity contribution in [2.45, 2.75) is 43.9 Å². The zero-order valence-electron chi connectivity index (χ0n) is 17.6. The summed E-state index contributed by atoms with van der Waals surface area (Å²) in [5, 5.41) is 14.8. The molecule has 2 aliphatic rings. The molecule has 1 unspecified atom stereocenters. The van der Waals surface area contributed by atoms with Gasteiger partial charge in [-0.15, -0.1) is 16.4 Å². The van der Waals surface area contributed by atoms with E-state index in [-0.39, 0.29) is 6.04 Å². The first kappa shape index (κ1) is 21.4. The minimum atomic E-state index is -4.33. The summed E-state index contributed by atoms with van der Waals surface area (Å²) in [5.74, 6) is 0.867. The number of tetrazole rings is 1. The van der Waals surface area contributed by atoms with Crippen LogP contribution in [0.2, 0.25) is 0 Å². The monoisotopic (exact) mass is 462 g/mol. The standard InChI is InChI=1S/C22H25F3N6S/c23-22(24,25)16-5-3-8-18(15-16)29-10-12-30(13-11-29)20(19-9-4-14-32-19)21-26-27-28-31(21)17-6-1-2-7-17/h3-5,8-9,14-15,17,20H,1-2,6-7,10-13H2. The molecule has 6 nitrogen and oxygen atoms in total. The molecule has 1 saturated heterocycles. The lowest BCUT2D eigenvalue weighted by atomic mass is 10.1. The molecule has 0 amide bonds. The van der Waals surface area contributed by atoms with Gasteiger partial charge >= 0.3 is 6.18 Å². The summed E-state index contributed by atoms with van der Waals surface area (Å²) >= 11 is 1.69. The fourth-order valence-corrected chi connectivity index (χ4v) is 5.68. The number of rotatable bonds is 5. The highest BCUT2D eigenvalue weighted by Gasteiger charge is 2.34. The van der Waals surface area contributed by atoms with E-state index in [0.29, 0.717) is 24.8 Å². The average Bonchev–Trinajstić information content (AvgIpc) is 3.57. The van der Waals surface area contributed by atoms with Crippen molar-refractivity contribution >= 4 is 17.0 Å². The lowest BCUT2D eigenvalue weighted by molar-refractivity contribution is -0.137. The van der Waals surface area contributed by atoms with Crippen molar-refractivity contribution in [1.82, 2.24) is 25.1 Å². The van der Waals surface area contributed by atoms with Crippen molar-refractivity contribution in [3.63, 3.8) is 0 Å². The first-order chi connectivity index (χ1) is 15.5. The van der Waals surface area contributed by atoms with Crippen molar-refractivity contribution in [3.8, 4) is 0 Å². The minimum absolute atomic E-state index is 0.0470. The van der Waals surface area contributed by atoms with Crippen molar-refractivity contribution in [2.24, 2.45) is 0 Å². The highest BCUT2D eigenvalue weighted by Crippen LogP contribution is 2.37. The van der Waals surface area contributed by atoms with E-state index in [2.05, 4.69) is 31.9 Å². The van der Waals surface area contributed by atoms with Gasteiger partial charge in [-0.2, -0.15) is 13.2 Å². The van der Waals surface area contributed by atoms with E-state index in [1.165, 1.54) is 29.9 Å². The van der Waals surface area contributed by atoms with Crippen LogP contribution in [0.4, 0.5) is 18.9 Å². The summed E-state index contributed by atoms with van der Waals surface area (Å²) in [7, 11) is 0. The molecule has 1 aromatic carbocycles. The maximum absolute atomic E-state index is 13.1. The topological polar surface area (TPSA) is 50.1 Å². The molecule has 0 radical (unpaired) electrons. The van der Waals surface area contributed by atoms with Crippen LogP contribution >= 0.6 is 11.3 Å². The molecule has 5 rings (SSSR count). The molecule has 1 aliphatic heterocycles. The van der Waals surface area contributed by atoms with E-state index in [9.17, 15) is 13.2 Å². The SMILES string of the molecule is FC(F)(F)c1cccc(N2CCN(C(c3cccs3)c3nnnn3C3CCCC3)CC2)c1. The number of hydrogen-bond donors (Lipinski definition) is 0. The summed E-state index contributed by atoms with van der Waals surface area (Å²) in [6, 6.07) is 10.0. The summed E-state index contributed by atoms with van der Waals surface area (Å²) < 4.78 is 41.4. The Hall–Kier alpha value is -2.46. The predicted molar refractivity (Wildman–Crippen MR) is 117 cm³/mol. The molecule has 1 atom stereocenters. The normalized spacial score (nSPS) is 19.5. The highest BCUT2D eigenvalue weighted by molar-refractivity contribution is 7.10. The Kier molecular flexibility index (Phi) is 5.90. The Morgan fingerprint density at radius 1 is 1.00 bits per heavy atom. The van der Waals surface area contributed by atoms with Gasteiger partial charge in [-0.25, -0.2) is 4.68 Å². The fraction of sp³-hybridized carbons (Fsp3) is 0.500. The molecule has 1 saturated carbocycles.